The number of hydrogen-bond acceptors (Lipinski definition) is 2. The van der Waals surface area contributed by atoms with Crippen LogP contribution >= 0.6 is 0 Å². The lowest BCUT2D eigenvalue weighted by atomic mass is 10.1. The van der Waals surface area contributed by atoms with Crippen molar-refractivity contribution < 1.29 is 9.50 Å². The van der Waals surface area contributed by atoms with Gasteiger partial charge in [0, 0.05) is 23.0 Å². The molecule has 0 aliphatic carbocycles. The monoisotopic (exact) mass is 248 g/mol. The van der Waals surface area contributed by atoms with Gasteiger partial charge in [0.2, 0.25) is 0 Å². The summed E-state index contributed by atoms with van der Waals surface area (Å²) in [5, 5.41) is 9.20. The lowest BCUT2D eigenvalue weighted by Crippen LogP contribution is -2.21. The largest absolute Gasteiger partial charge is 0.508 e. The van der Waals surface area contributed by atoms with Crippen molar-refractivity contribution in [2.24, 2.45) is 0 Å². The van der Waals surface area contributed by atoms with E-state index in [0.29, 0.717) is 5.56 Å². The molecule has 4 heteroatoms. The normalized spacial score (nSPS) is 12.4. The summed E-state index contributed by atoms with van der Waals surface area (Å²) in [4.78, 5) is 0. The molecule has 1 heterocycles. The molecule has 0 saturated carbocycles. The molecule has 0 radical (unpaired) electrons. The average Bonchev–Trinajstić information content (AvgIpc) is 2.60. The molecule has 0 saturated heterocycles. The van der Waals surface area contributed by atoms with Gasteiger partial charge in [0.05, 0.1) is 6.04 Å². The molecular weight excluding hydrogens is 231 g/mol. The van der Waals surface area contributed by atoms with E-state index in [2.05, 4.69) is 5.43 Å². The standard InChI is InChI=1S/C14H17FN2O/c1-9-4-5-10(2)17(9)16-11(3)13-7-6-12(18)8-14(13)15/h4-8,11,16,18H,1-3H3. The van der Waals surface area contributed by atoms with E-state index < -0.39 is 5.82 Å². The summed E-state index contributed by atoms with van der Waals surface area (Å²) in [5.41, 5.74) is 5.89. The van der Waals surface area contributed by atoms with Crippen LogP contribution < -0.4 is 5.43 Å². The van der Waals surface area contributed by atoms with E-state index >= 15 is 0 Å². The molecule has 1 aromatic heterocycles. The van der Waals surface area contributed by atoms with Crippen molar-refractivity contribution in [3.8, 4) is 5.75 Å². The summed E-state index contributed by atoms with van der Waals surface area (Å²) in [6.07, 6.45) is 0. The molecular formula is C14H17FN2O. The lowest BCUT2D eigenvalue weighted by molar-refractivity contribution is 0.466. The zero-order valence-corrected chi connectivity index (χ0v) is 10.7. The van der Waals surface area contributed by atoms with Crippen molar-refractivity contribution >= 4 is 0 Å². The smallest absolute Gasteiger partial charge is 0.132 e. The summed E-state index contributed by atoms with van der Waals surface area (Å²) >= 11 is 0. The third-order valence-electron chi connectivity index (χ3n) is 3.04. The number of phenolic OH excluding ortho intramolecular Hbond substituents is 1. The minimum atomic E-state index is -0.405. The lowest BCUT2D eigenvalue weighted by Gasteiger charge is -2.20. The molecule has 0 aliphatic rings. The first kappa shape index (κ1) is 12.5. The number of benzene rings is 1. The van der Waals surface area contributed by atoms with Gasteiger partial charge in [-0.3, -0.25) is 4.68 Å². The molecule has 0 amide bonds. The second-order valence-corrected chi connectivity index (χ2v) is 4.51. The van der Waals surface area contributed by atoms with Crippen LogP contribution in [-0.4, -0.2) is 9.78 Å². The van der Waals surface area contributed by atoms with Gasteiger partial charge in [0.1, 0.15) is 11.6 Å². The maximum absolute atomic E-state index is 13.7. The first-order chi connectivity index (χ1) is 8.49. The summed E-state index contributed by atoms with van der Waals surface area (Å²) in [5.74, 6) is -0.464. The van der Waals surface area contributed by atoms with Gasteiger partial charge in [-0.05, 0) is 39.0 Å². The van der Waals surface area contributed by atoms with Gasteiger partial charge in [-0.1, -0.05) is 6.07 Å². The number of halogens is 1. The Morgan fingerprint density at radius 3 is 2.33 bits per heavy atom. The highest BCUT2D eigenvalue weighted by atomic mass is 19.1. The summed E-state index contributed by atoms with van der Waals surface area (Å²) in [7, 11) is 0. The van der Waals surface area contributed by atoms with E-state index in [9.17, 15) is 9.50 Å². The maximum atomic E-state index is 13.7. The number of hydrogen-bond donors (Lipinski definition) is 2. The third-order valence-corrected chi connectivity index (χ3v) is 3.04. The molecule has 1 aromatic carbocycles. The van der Waals surface area contributed by atoms with Crippen LogP contribution in [0, 0.1) is 19.7 Å². The second-order valence-electron chi connectivity index (χ2n) is 4.51. The highest BCUT2D eigenvalue weighted by Crippen LogP contribution is 2.22. The van der Waals surface area contributed by atoms with Crippen molar-refractivity contribution in [2.45, 2.75) is 26.8 Å². The molecule has 2 rings (SSSR count). The molecule has 0 fully saturated rings. The molecule has 0 bridgehead atoms. The molecule has 1 atom stereocenters. The molecule has 1 unspecified atom stereocenters. The Bertz CT molecular complexity index is 543. The van der Waals surface area contributed by atoms with Gasteiger partial charge in [-0.2, -0.15) is 0 Å². The van der Waals surface area contributed by atoms with Gasteiger partial charge in [-0.25, -0.2) is 4.39 Å². The minimum absolute atomic E-state index is 0.0585. The van der Waals surface area contributed by atoms with Crippen molar-refractivity contribution in [3.05, 3.63) is 53.1 Å². The maximum Gasteiger partial charge on any atom is 0.132 e. The van der Waals surface area contributed by atoms with E-state index in [-0.39, 0.29) is 11.8 Å². The SMILES string of the molecule is Cc1ccc(C)n1NC(C)c1ccc(O)cc1F. The topological polar surface area (TPSA) is 37.2 Å². The first-order valence-electron chi connectivity index (χ1n) is 5.89. The summed E-state index contributed by atoms with van der Waals surface area (Å²) in [6.45, 7) is 5.86. The fourth-order valence-corrected chi connectivity index (χ4v) is 2.00. The van der Waals surface area contributed by atoms with Crippen LogP contribution in [0.5, 0.6) is 5.75 Å². The van der Waals surface area contributed by atoms with Gasteiger partial charge in [0.15, 0.2) is 0 Å². The minimum Gasteiger partial charge on any atom is -0.508 e. The quantitative estimate of drug-likeness (QED) is 0.874. The molecule has 18 heavy (non-hydrogen) atoms. The van der Waals surface area contributed by atoms with Crippen LogP contribution in [0.3, 0.4) is 0 Å². The number of aromatic hydroxyl groups is 1. The predicted molar refractivity (Wildman–Crippen MR) is 69.7 cm³/mol. The fraction of sp³-hybridized carbons (Fsp3) is 0.286. The van der Waals surface area contributed by atoms with Crippen LogP contribution in [-0.2, 0) is 0 Å². The van der Waals surface area contributed by atoms with Crippen molar-refractivity contribution in [1.29, 1.82) is 0 Å². The Morgan fingerprint density at radius 2 is 1.78 bits per heavy atom. The fourth-order valence-electron chi connectivity index (χ4n) is 2.00. The Labute approximate surface area is 106 Å². The van der Waals surface area contributed by atoms with E-state index in [1.165, 1.54) is 6.07 Å². The number of phenols is 1. The molecule has 3 nitrogen and oxygen atoms in total. The zero-order valence-electron chi connectivity index (χ0n) is 10.7. The molecule has 2 aromatic rings. The highest BCUT2D eigenvalue weighted by Gasteiger charge is 2.12. The Morgan fingerprint density at radius 1 is 1.17 bits per heavy atom. The number of rotatable bonds is 3. The Kier molecular flexibility index (Phi) is 3.28. The molecule has 0 spiro atoms. The van der Waals surface area contributed by atoms with E-state index in [1.807, 2.05) is 37.6 Å². The predicted octanol–water partition coefficient (Wildman–Crippen LogP) is 3.25. The number of nitrogens with zero attached hydrogens (tertiary/aromatic N) is 1. The van der Waals surface area contributed by atoms with Crippen LogP contribution in [0.4, 0.5) is 4.39 Å². The van der Waals surface area contributed by atoms with Crippen molar-refractivity contribution in [1.82, 2.24) is 4.68 Å². The average molecular weight is 248 g/mol. The van der Waals surface area contributed by atoms with Crippen LogP contribution in [0.2, 0.25) is 0 Å². The van der Waals surface area contributed by atoms with Gasteiger partial charge in [0.25, 0.3) is 0 Å². The highest BCUT2D eigenvalue weighted by molar-refractivity contribution is 5.31. The van der Waals surface area contributed by atoms with E-state index in [4.69, 9.17) is 0 Å². The third kappa shape index (κ3) is 2.32. The molecule has 96 valence electrons. The Balaban J connectivity index is 2.24. The van der Waals surface area contributed by atoms with Crippen molar-refractivity contribution in [3.63, 3.8) is 0 Å². The second kappa shape index (κ2) is 4.72. The van der Waals surface area contributed by atoms with Gasteiger partial charge < -0.3 is 10.5 Å². The van der Waals surface area contributed by atoms with Crippen LogP contribution in [0.15, 0.2) is 30.3 Å². The first-order valence-corrected chi connectivity index (χ1v) is 5.89. The number of aryl methyl sites for hydroxylation is 2. The van der Waals surface area contributed by atoms with Gasteiger partial charge >= 0.3 is 0 Å². The summed E-state index contributed by atoms with van der Waals surface area (Å²) in [6, 6.07) is 8.03. The van der Waals surface area contributed by atoms with Crippen molar-refractivity contribution in [2.75, 3.05) is 5.43 Å². The Hall–Kier alpha value is -1.97. The molecule has 2 N–H and O–H groups in total. The van der Waals surface area contributed by atoms with E-state index in [0.717, 1.165) is 17.5 Å². The zero-order chi connectivity index (χ0) is 13.3. The number of aromatic nitrogens is 1. The van der Waals surface area contributed by atoms with E-state index in [1.54, 1.807) is 6.07 Å². The molecule has 0 aliphatic heterocycles. The summed E-state index contributed by atoms with van der Waals surface area (Å²) < 4.78 is 15.6. The van der Waals surface area contributed by atoms with Crippen LogP contribution in [0.1, 0.15) is 29.9 Å². The van der Waals surface area contributed by atoms with Crippen LogP contribution in [0.25, 0.3) is 0 Å². The van der Waals surface area contributed by atoms with Gasteiger partial charge in [-0.15, -0.1) is 0 Å². The number of nitrogens with one attached hydrogen (secondary N) is 1.